The Balaban J connectivity index is 0. The highest BCUT2D eigenvalue weighted by atomic mass is 16.5. The van der Waals surface area contributed by atoms with Gasteiger partial charge in [0.1, 0.15) is 0 Å². The van der Waals surface area contributed by atoms with Gasteiger partial charge in [0.15, 0.2) is 0 Å². The van der Waals surface area contributed by atoms with E-state index < -0.39 is 0 Å². The average molecular weight is 204 g/mol. The molecule has 14 heavy (non-hydrogen) atoms. The minimum absolute atomic E-state index is 0.250. The Bertz CT molecular complexity index is 103. The summed E-state index contributed by atoms with van der Waals surface area (Å²) in [5.74, 6) is 0. The summed E-state index contributed by atoms with van der Waals surface area (Å²) in [5, 5.41) is 7.57. The first-order valence-electron chi connectivity index (χ1n) is 5.31. The first-order valence-corrected chi connectivity index (χ1v) is 5.31. The maximum Gasteiger partial charge on any atom is 0.0514 e. The number of hydrogen-bond acceptors (Lipinski definition) is 2. The Kier molecular flexibility index (Phi) is 8.46. The molecule has 0 amide bonds. The van der Waals surface area contributed by atoms with Crippen LogP contribution in [0.25, 0.3) is 0 Å². The molecule has 0 aliphatic rings. The Morgan fingerprint density at radius 2 is 1.07 bits per heavy atom. The van der Waals surface area contributed by atoms with Crippen molar-refractivity contribution in [1.29, 1.82) is 0 Å². The van der Waals surface area contributed by atoms with Gasteiger partial charge in [0.25, 0.3) is 0 Å². The third-order valence-corrected chi connectivity index (χ3v) is 1.07. The molecular weight excluding hydrogens is 176 g/mol. The third kappa shape index (κ3) is 22.7. The lowest BCUT2D eigenvalue weighted by atomic mass is 9.97. The second kappa shape index (κ2) is 7.24. The molecule has 0 saturated heterocycles. The second-order valence-electron chi connectivity index (χ2n) is 5.93. The minimum atomic E-state index is 0.250. The van der Waals surface area contributed by atoms with Crippen LogP contribution in [0.1, 0.15) is 48.5 Å². The monoisotopic (exact) mass is 204 g/mol. The highest BCUT2D eigenvalue weighted by Crippen LogP contribution is 2.17. The van der Waals surface area contributed by atoms with E-state index >= 15 is 0 Å². The molecule has 0 radical (unpaired) electrons. The Hall–Kier alpha value is -0.0800. The molecule has 0 atom stereocenters. The molecule has 0 rings (SSSR count). The molecule has 2 nitrogen and oxygen atoms in total. The van der Waals surface area contributed by atoms with Crippen LogP contribution >= 0.6 is 0 Å². The van der Waals surface area contributed by atoms with Crippen LogP contribution in [-0.4, -0.2) is 24.9 Å². The summed E-state index contributed by atoms with van der Waals surface area (Å²) in [4.78, 5) is 0. The maximum atomic E-state index is 7.57. The number of hydrogen-bond donors (Lipinski definition) is 1. The molecule has 0 aromatic rings. The van der Waals surface area contributed by atoms with Crippen molar-refractivity contribution < 1.29 is 9.84 Å². The molecule has 0 unspecified atom stereocenters. The first kappa shape index (κ1) is 16.4. The van der Waals surface area contributed by atoms with E-state index in [0.717, 1.165) is 13.2 Å². The smallest absolute Gasteiger partial charge is 0.0514 e. The van der Waals surface area contributed by atoms with E-state index in [0.29, 0.717) is 10.8 Å². The van der Waals surface area contributed by atoms with Crippen LogP contribution in [0.4, 0.5) is 0 Å². The van der Waals surface area contributed by atoms with Crippen molar-refractivity contribution in [1.82, 2.24) is 0 Å². The summed E-state index contributed by atoms with van der Waals surface area (Å²) in [6.07, 6.45) is 0. The van der Waals surface area contributed by atoms with Gasteiger partial charge in [0.05, 0.1) is 13.2 Å². The molecule has 2 heteroatoms. The van der Waals surface area contributed by atoms with Gasteiger partial charge in [-0.2, -0.15) is 0 Å². The van der Waals surface area contributed by atoms with Crippen LogP contribution in [0.15, 0.2) is 0 Å². The topological polar surface area (TPSA) is 29.5 Å². The van der Waals surface area contributed by atoms with Gasteiger partial charge in [-0.1, -0.05) is 41.5 Å². The zero-order valence-corrected chi connectivity index (χ0v) is 11.0. The van der Waals surface area contributed by atoms with Crippen LogP contribution in [0.2, 0.25) is 0 Å². The summed E-state index contributed by atoms with van der Waals surface area (Å²) in [6, 6.07) is 0. The van der Waals surface area contributed by atoms with Gasteiger partial charge in [0.2, 0.25) is 0 Å². The zero-order chi connectivity index (χ0) is 11.8. The van der Waals surface area contributed by atoms with Crippen molar-refractivity contribution in [3.8, 4) is 0 Å². The SMILES string of the molecule is CC(C)(C)COCC(C)(C)C.CCO. The summed E-state index contributed by atoms with van der Waals surface area (Å²) >= 11 is 0. The lowest BCUT2D eigenvalue weighted by Crippen LogP contribution is -2.21. The fourth-order valence-electron chi connectivity index (χ4n) is 0.663. The van der Waals surface area contributed by atoms with Crippen molar-refractivity contribution in [2.75, 3.05) is 19.8 Å². The molecule has 0 aromatic carbocycles. The molecule has 0 aliphatic carbocycles. The van der Waals surface area contributed by atoms with Crippen molar-refractivity contribution in [3.63, 3.8) is 0 Å². The van der Waals surface area contributed by atoms with Crippen LogP contribution in [0.3, 0.4) is 0 Å². The van der Waals surface area contributed by atoms with Crippen molar-refractivity contribution in [3.05, 3.63) is 0 Å². The van der Waals surface area contributed by atoms with Gasteiger partial charge in [-0.3, -0.25) is 0 Å². The van der Waals surface area contributed by atoms with Crippen LogP contribution < -0.4 is 0 Å². The third-order valence-electron chi connectivity index (χ3n) is 1.07. The van der Waals surface area contributed by atoms with Crippen LogP contribution in [0.5, 0.6) is 0 Å². The Morgan fingerprint density at radius 3 is 1.21 bits per heavy atom. The normalized spacial score (nSPS) is 12.0. The van der Waals surface area contributed by atoms with E-state index in [1.807, 2.05) is 0 Å². The van der Waals surface area contributed by atoms with E-state index in [9.17, 15) is 0 Å². The van der Waals surface area contributed by atoms with E-state index in [1.54, 1.807) is 6.92 Å². The summed E-state index contributed by atoms with van der Waals surface area (Å²) in [7, 11) is 0. The number of aliphatic hydroxyl groups excluding tert-OH is 1. The second-order valence-corrected chi connectivity index (χ2v) is 5.93. The molecule has 0 heterocycles. The highest BCUT2D eigenvalue weighted by Gasteiger charge is 2.14. The van der Waals surface area contributed by atoms with E-state index in [-0.39, 0.29) is 6.61 Å². The van der Waals surface area contributed by atoms with Crippen molar-refractivity contribution in [2.45, 2.75) is 48.5 Å². The average Bonchev–Trinajstić information content (AvgIpc) is 1.81. The zero-order valence-electron chi connectivity index (χ0n) is 11.0. The van der Waals surface area contributed by atoms with Crippen LogP contribution in [-0.2, 0) is 4.74 Å². The van der Waals surface area contributed by atoms with Gasteiger partial charge in [-0.25, -0.2) is 0 Å². The molecule has 88 valence electrons. The molecule has 0 bridgehead atoms. The Morgan fingerprint density at radius 1 is 0.857 bits per heavy atom. The number of rotatable bonds is 2. The molecule has 0 aliphatic heterocycles. The van der Waals surface area contributed by atoms with Crippen molar-refractivity contribution in [2.24, 2.45) is 10.8 Å². The first-order chi connectivity index (χ1) is 6.12. The predicted molar refractivity (Wildman–Crippen MR) is 62.5 cm³/mol. The molecule has 0 fully saturated rings. The lowest BCUT2D eigenvalue weighted by molar-refractivity contribution is 0.0275. The summed E-state index contributed by atoms with van der Waals surface area (Å²) in [5.41, 5.74) is 0.594. The standard InChI is InChI=1S/C10H22O.C2H6O/c1-9(2,3)7-11-8-10(4,5)6;1-2-3/h7-8H2,1-6H3;3H,2H2,1H3. The number of ether oxygens (including phenoxy) is 1. The summed E-state index contributed by atoms with van der Waals surface area (Å²) in [6.45, 7) is 16.8. The maximum absolute atomic E-state index is 7.57. The molecule has 1 N–H and O–H groups in total. The van der Waals surface area contributed by atoms with Gasteiger partial charge < -0.3 is 9.84 Å². The Labute approximate surface area is 89.7 Å². The lowest BCUT2D eigenvalue weighted by Gasteiger charge is -2.23. The molecule has 0 spiro atoms. The molecule has 0 saturated carbocycles. The fraction of sp³-hybridized carbons (Fsp3) is 1.00. The van der Waals surface area contributed by atoms with E-state index in [4.69, 9.17) is 9.84 Å². The molecule has 0 aromatic heterocycles. The quantitative estimate of drug-likeness (QED) is 0.749. The summed E-state index contributed by atoms with van der Waals surface area (Å²) < 4.78 is 5.56. The van der Waals surface area contributed by atoms with Gasteiger partial charge in [-0.15, -0.1) is 0 Å². The molecular formula is C12H28O2. The van der Waals surface area contributed by atoms with Gasteiger partial charge >= 0.3 is 0 Å². The highest BCUT2D eigenvalue weighted by molar-refractivity contribution is 4.63. The van der Waals surface area contributed by atoms with E-state index in [2.05, 4.69) is 41.5 Å². The predicted octanol–water partition coefficient (Wildman–Crippen LogP) is 3.09. The minimum Gasteiger partial charge on any atom is -0.397 e. The fourth-order valence-corrected chi connectivity index (χ4v) is 0.663. The van der Waals surface area contributed by atoms with Gasteiger partial charge in [-0.05, 0) is 17.8 Å². The van der Waals surface area contributed by atoms with Gasteiger partial charge in [0, 0.05) is 6.61 Å². The number of aliphatic hydroxyl groups is 1. The van der Waals surface area contributed by atoms with E-state index in [1.165, 1.54) is 0 Å². The van der Waals surface area contributed by atoms with Crippen molar-refractivity contribution >= 4 is 0 Å². The van der Waals surface area contributed by atoms with Crippen LogP contribution in [0, 0.1) is 10.8 Å². The largest absolute Gasteiger partial charge is 0.397 e.